The largest absolute Gasteiger partial charge is 0.492 e. The maximum Gasteiger partial charge on any atom is 0.492 e. The van der Waals surface area contributed by atoms with E-state index in [-0.39, 0.29) is 6.54 Å². The maximum absolute atomic E-state index is 12.1. The molecule has 0 N–H and O–H groups in total. The number of nitrogens with zero attached hydrogens (tertiary/aromatic N) is 2. The van der Waals surface area contributed by atoms with Gasteiger partial charge in [-0.1, -0.05) is 20.8 Å². The molecule has 0 aromatic rings. The minimum Gasteiger partial charge on any atom is -0.358 e. The number of hydrogen-bond donors (Lipinski definition) is 0. The van der Waals surface area contributed by atoms with Crippen LogP contribution in [0.4, 0.5) is 13.2 Å². The molecule has 0 aliphatic carbocycles. The topological polar surface area (TPSA) is 49.9 Å². The van der Waals surface area contributed by atoms with Crippen molar-refractivity contribution < 1.29 is 27.6 Å². The molecule has 0 spiro atoms. The fourth-order valence-corrected chi connectivity index (χ4v) is 1.91. The molecule has 0 bridgehead atoms. The molecule has 0 saturated carbocycles. The first-order chi connectivity index (χ1) is 7.94. The average molecular weight is 268 g/mol. The molecule has 18 heavy (non-hydrogen) atoms. The number of carbonyl (C=O) groups excluding carboxylic acids is 2. The molecular formula is C10H15F3N2O3. The number of likely N-dealkylation sites (N-methyl/N-ethyl adjacent to an activating group) is 1. The Morgan fingerprint density at radius 3 is 2.22 bits per heavy atom. The van der Waals surface area contributed by atoms with Crippen molar-refractivity contribution in [2.75, 3.05) is 13.6 Å². The summed E-state index contributed by atoms with van der Waals surface area (Å²) in [5, 5.41) is 0.776. The minimum atomic E-state index is -5.08. The summed E-state index contributed by atoms with van der Waals surface area (Å²) in [5.41, 5.74) is -0.549. The molecule has 0 radical (unpaired) electrons. The first kappa shape index (κ1) is 14.7. The highest BCUT2D eigenvalue weighted by Crippen LogP contribution is 2.31. The van der Waals surface area contributed by atoms with Crippen LogP contribution in [0.1, 0.15) is 20.8 Å². The van der Waals surface area contributed by atoms with E-state index in [9.17, 15) is 22.8 Å². The third-order valence-corrected chi connectivity index (χ3v) is 2.53. The van der Waals surface area contributed by atoms with Crippen molar-refractivity contribution in [3.8, 4) is 0 Å². The van der Waals surface area contributed by atoms with Crippen LogP contribution in [0.15, 0.2) is 0 Å². The summed E-state index contributed by atoms with van der Waals surface area (Å²) in [7, 11) is 1.46. The molecule has 5 nitrogen and oxygen atoms in total. The van der Waals surface area contributed by atoms with E-state index < -0.39 is 29.6 Å². The van der Waals surface area contributed by atoms with E-state index in [2.05, 4.69) is 4.84 Å². The van der Waals surface area contributed by atoms with E-state index in [1.807, 2.05) is 0 Å². The monoisotopic (exact) mass is 268 g/mol. The molecule has 1 heterocycles. The predicted molar refractivity (Wildman–Crippen MR) is 54.9 cm³/mol. The van der Waals surface area contributed by atoms with Crippen LogP contribution < -0.4 is 0 Å². The second-order valence-corrected chi connectivity index (χ2v) is 5.20. The van der Waals surface area contributed by atoms with Gasteiger partial charge >= 0.3 is 12.1 Å². The molecular weight excluding hydrogens is 253 g/mol. The molecule has 1 fully saturated rings. The molecule has 1 amide bonds. The van der Waals surface area contributed by atoms with Gasteiger partial charge in [0.25, 0.3) is 0 Å². The Labute approximate surface area is 102 Å². The highest BCUT2D eigenvalue weighted by atomic mass is 19.4. The lowest BCUT2D eigenvalue weighted by molar-refractivity contribution is -0.251. The molecule has 0 unspecified atom stereocenters. The average Bonchev–Trinajstić information content (AvgIpc) is 2.39. The van der Waals surface area contributed by atoms with Gasteiger partial charge < -0.3 is 9.74 Å². The summed E-state index contributed by atoms with van der Waals surface area (Å²) in [5.74, 6) is -2.72. The van der Waals surface area contributed by atoms with Crippen molar-refractivity contribution in [1.29, 1.82) is 0 Å². The Morgan fingerprint density at radius 1 is 1.33 bits per heavy atom. The van der Waals surface area contributed by atoms with E-state index in [0.29, 0.717) is 0 Å². The zero-order valence-corrected chi connectivity index (χ0v) is 10.5. The van der Waals surface area contributed by atoms with Crippen molar-refractivity contribution in [3.63, 3.8) is 0 Å². The summed E-state index contributed by atoms with van der Waals surface area (Å²) >= 11 is 0. The summed E-state index contributed by atoms with van der Waals surface area (Å²) in [6, 6.07) is 0. The molecule has 1 aliphatic heterocycles. The van der Waals surface area contributed by atoms with Gasteiger partial charge in [-0.3, -0.25) is 4.79 Å². The normalized spacial score (nSPS) is 22.5. The van der Waals surface area contributed by atoms with Crippen LogP contribution in [0.25, 0.3) is 0 Å². The van der Waals surface area contributed by atoms with Crippen LogP contribution >= 0.6 is 0 Å². The molecule has 0 aromatic heterocycles. The first-order valence-corrected chi connectivity index (χ1v) is 5.26. The smallest absolute Gasteiger partial charge is 0.358 e. The van der Waals surface area contributed by atoms with Crippen molar-refractivity contribution >= 4 is 11.9 Å². The van der Waals surface area contributed by atoms with Gasteiger partial charge in [0, 0.05) is 7.05 Å². The summed E-state index contributed by atoms with van der Waals surface area (Å²) in [4.78, 5) is 27.8. The van der Waals surface area contributed by atoms with E-state index in [4.69, 9.17) is 0 Å². The predicted octanol–water partition coefficient (Wildman–Crippen LogP) is 1.15. The Balaban J connectivity index is 2.88. The van der Waals surface area contributed by atoms with Gasteiger partial charge in [0.2, 0.25) is 5.91 Å². The van der Waals surface area contributed by atoms with E-state index >= 15 is 0 Å². The third kappa shape index (κ3) is 2.92. The van der Waals surface area contributed by atoms with Crippen molar-refractivity contribution in [2.45, 2.75) is 33.1 Å². The molecule has 1 aliphatic rings. The van der Waals surface area contributed by atoms with Gasteiger partial charge in [0.05, 0.1) is 0 Å². The number of amides is 1. The van der Waals surface area contributed by atoms with Gasteiger partial charge in [0.15, 0.2) is 0 Å². The fourth-order valence-electron chi connectivity index (χ4n) is 1.91. The molecule has 8 heteroatoms. The number of alkyl halides is 3. The van der Waals surface area contributed by atoms with Crippen LogP contribution in [0, 0.1) is 5.41 Å². The summed E-state index contributed by atoms with van der Waals surface area (Å²) in [6.45, 7) is 4.84. The van der Waals surface area contributed by atoms with Crippen LogP contribution in [-0.4, -0.2) is 47.8 Å². The number of hydrogen-bond acceptors (Lipinski definition) is 4. The van der Waals surface area contributed by atoms with E-state index in [0.717, 1.165) is 5.06 Å². The number of carbonyl (C=O) groups is 2. The standard InChI is InChI=1S/C10H15F3N2O3/c1-9(2,3)7-14(4)6(16)5-15(7)18-8(17)10(11,12)13/h7H,5H2,1-4H3/t7-/m0/s1. The van der Waals surface area contributed by atoms with Crippen molar-refractivity contribution in [2.24, 2.45) is 5.41 Å². The second kappa shape index (κ2) is 4.42. The van der Waals surface area contributed by atoms with Gasteiger partial charge in [-0.05, 0) is 5.41 Å². The van der Waals surface area contributed by atoms with Gasteiger partial charge in [-0.15, -0.1) is 5.06 Å². The van der Waals surface area contributed by atoms with Gasteiger partial charge in [0.1, 0.15) is 12.7 Å². The Morgan fingerprint density at radius 2 is 1.83 bits per heavy atom. The van der Waals surface area contributed by atoms with Crippen molar-refractivity contribution in [1.82, 2.24) is 9.96 Å². The fraction of sp³-hybridized carbons (Fsp3) is 0.800. The van der Waals surface area contributed by atoms with Crippen LogP contribution in [0.3, 0.4) is 0 Å². The zero-order valence-electron chi connectivity index (χ0n) is 10.5. The quantitative estimate of drug-likeness (QED) is 0.716. The second-order valence-electron chi connectivity index (χ2n) is 5.20. The van der Waals surface area contributed by atoms with Gasteiger partial charge in [-0.2, -0.15) is 13.2 Å². The Bertz CT molecular complexity index is 362. The zero-order chi connectivity index (χ0) is 14.3. The lowest BCUT2D eigenvalue weighted by Crippen LogP contribution is -2.48. The summed E-state index contributed by atoms with van der Waals surface area (Å²) < 4.78 is 36.4. The lowest BCUT2D eigenvalue weighted by Gasteiger charge is -2.36. The van der Waals surface area contributed by atoms with Crippen LogP contribution in [0.2, 0.25) is 0 Å². The molecule has 1 saturated heterocycles. The number of halogens is 3. The molecule has 1 rings (SSSR count). The molecule has 0 aromatic carbocycles. The van der Waals surface area contributed by atoms with Crippen LogP contribution in [-0.2, 0) is 14.4 Å². The maximum atomic E-state index is 12.1. The number of rotatable bonds is 1. The highest BCUT2D eigenvalue weighted by molar-refractivity contribution is 5.81. The Hall–Kier alpha value is -1.31. The van der Waals surface area contributed by atoms with Crippen molar-refractivity contribution in [3.05, 3.63) is 0 Å². The Kier molecular flexibility index (Phi) is 3.62. The number of hydroxylamine groups is 2. The molecule has 104 valence electrons. The van der Waals surface area contributed by atoms with E-state index in [1.165, 1.54) is 11.9 Å². The summed E-state index contributed by atoms with van der Waals surface area (Å²) in [6.07, 6.45) is -5.80. The van der Waals surface area contributed by atoms with Crippen LogP contribution in [0.5, 0.6) is 0 Å². The third-order valence-electron chi connectivity index (χ3n) is 2.53. The van der Waals surface area contributed by atoms with Gasteiger partial charge in [-0.25, -0.2) is 4.79 Å². The lowest BCUT2D eigenvalue weighted by atomic mass is 9.92. The first-order valence-electron chi connectivity index (χ1n) is 5.26. The van der Waals surface area contributed by atoms with E-state index in [1.54, 1.807) is 20.8 Å². The molecule has 1 atom stereocenters. The SMILES string of the molecule is CN1C(=O)CN(OC(=O)C(F)(F)F)[C@H]1C(C)(C)C. The highest BCUT2D eigenvalue weighted by Gasteiger charge is 2.49. The minimum absolute atomic E-state index is 0.375.